The molecule has 1 aliphatic carbocycles. The Labute approximate surface area is 392 Å². The Kier molecular flexibility index (Phi) is 7.28. The van der Waals surface area contributed by atoms with Crippen LogP contribution in [0.25, 0.3) is 33.4 Å². The number of rotatable bonds is 2. The lowest BCUT2D eigenvalue weighted by Gasteiger charge is -2.51. The van der Waals surface area contributed by atoms with Crippen LogP contribution in [-0.4, -0.2) is 8.07 Å². The second-order valence-corrected chi connectivity index (χ2v) is 23.2. The maximum atomic E-state index is 2.65. The van der Waals surface area contributed by atoms with Gasteiger partial charge in [-0.05, 0) is 142 Å². The van der Waals surface area contributed by atoms with Crippen LogP contribution in [0.5, 0.6) is 0 Å². The van der Waals surface area contributed by atoms with Crippen molar-refractivity contribution in [2.24, 2.45) is 0 Å². The smallest absolute Gasteiger partial charge is 0.182 e. The van der Waals surface area contributed by atoms with E-state index in [9.17, 15) is 0 Å². The van der Waals surface area contributed by atoms with Gasteiger partial charge in [0.05, 0.1) is 28.2 Å². The van der Waals surface area contributed by atoms with Crippen LogP contribution in [0.2, 0.25) is 0 Å². The van der Waals surface area contributed by atoms with Crippen molar-refractivity contribution in [2.45, 2.75) is 24.7 Å². The second kappa shape index (κ2) is 13.1. The van der Waals surface area contributed by atoms with Crippen LogP contribution >= 0.6 is 0 Å². The normalized spacial score (nSPS) is 17.3. The van der Waals surface area contributed by atoms with Crippen molar-refractivity contribution < 1.29 is 0 Å². The molecule has 67 heavy (non-hydrogen) atoms. The van der Waals surface area contributed by atoms with Crippen molar-refractivity contribution in [3.05, 3.63) is 264 Å². The van der Waals surface area contributed by atoms with Gasteiger partial charge in [0.15, 0.2) is 8.07 Å². The van der Waals surface area contributed by atoms with E-state index in [1.54, 1.807) is 0 Å². The number of hydrogen-bond acceptors (Lipinski definition) is 2. The van der Waals surface area contributed by atoms with E-state index >= 15 is 0 Å². The molecular weight excluding hydrogens is 825 g/mol. The van der Waals surface area contributed by atoms with E-state index in [-0.39, 0.29) is 5.41 Å². The molecule has 4 heterocycles. The number of fused-ring (bicyclic) bond motifs is 21. The van der Waals surface area contributed by atoms with Gasteiger partial charge in [-0.2, -0.15) is 0 Å². The van der Waals surface area contributed by atoms with Crippen molar-refractivity contribution >= 4 is 62.9 Å². The summed E-state index contributed by atoms with van der Waals surface area (Å²) >= 11 is 0. The highest BCUT2D eigenvalue weighted by molar-refractivity contribution is 7.24. The first-order chi connectivity index (χ1) is 33.0. The number of hydrogen-bond donors (Lipinski definition) is 0. The van der Waals surface area contributed by atoms with Crippen LogP contribution in [0.1, 0.15) is 47.2 Å². The minimum Gasteiger partial charge on any atom is -0.310 e. The van der Waals surface area contributed by atoms with Crippen molar-refractivity contribution in [3.63, 3.8) is 0 Å². The third-order valence-corrected chi connectivity index (χ3v) is 21.2. The highest BCUT2D eigenvalue weighted by Crippen LogP contribution is 2.64. The molecule has 10 aromatic rings. The van der Waals surface area contributed by atoms with Crippen molar-refractivity contribution in [1.29, 1.82) is 0 Å². The van der Waals surface area contributed by atoms with Gasteiger partial charge in [0.25, 0.3) is 0 Å². The fourth-order valence-electron chi connectivity index (χ4n) is 13.7. The fraction of sp³-hybridized carbons (Fsp3) is 0.0625. The van der Waals surface area contributed by atoms with Crippen molar-refractivity contribution in [2.75, 3.05) is 9.80 Å². The molecule has 0 aromatic heterocycles. The standard InChI is InChI=1S/C64H44N2Si/c1-63(2)49-25-9-6-22-43(49)47-40-62-48(39-54(47)63)45-24-8-19-35-60(45)67(62)59-34-18-7-23-44(59)46-37-36-42(38-61(46)67)66-57-32-16-12-28-52(57)64(53-29-13-17-33-58(53)66)50-26-10-14-30-55(50)65(41-20-4-3-5-21-41)56-31-15-11-27-51(56)64/h3-40H,1-2H3. The first-order valence-electron chi connectivity index (χ1n) is 23.7. The molecule has 10 aromatic carbocycles. The van der Waals surface area contributed by atoms with Gasteiger partial charge < -0.3 is 9.80 Å². The summed E-state index contributed by atoms with van der Waals surface area (Å²) < 4.78 is 0. The predicted octanol–water partition coefficient (Wildman–Crippen LogP) is 13.3. The Hall–Kier alpha value is -7.98. The molecule has 4 aliphatic heterocycles. The van der Waals surface area contributed by atoms with Gasteiger partial charge >= 0.3 is 0 Å². The van der Waals surface area contributed by atoms with Gasteiger partial charge in [-0.1, -0.05) is 190 Å². The minimum absolute atomic E-state index is 0.0858. The molecule has 0 bridgehead atoms. The summed E-state index contributed by atoms with van der Waals surface area (Å²) in [6, 6.07) is 88.1. The lowest BCUT2D eigenvalue weighted by molar-refractivity contribution is 0.661. The Balaban J connectivity index is 0.998. The lowest BCUT2D eigenvalue weighted by atomic mass is 9.60. The van der Waals surface area contributed by atoms with Gasteiger partial charge in [-0.25, -0.2) is 0 Å². The van der Waals surface area contributed by atoms with Gasteiger partial charge in [0, 0.05) is 16.8 Å². The van der Waals surface area contributed by atoms with E-state index < -0.39 is 13.5 Å². The first-order valence-corrected chi connectivity index (χ1v) is 25.7. The summed E-state index contributed by atoms with van der Waals surface area (Å²) in [5, 5.41) is 5.99. The van der Waals surface area contributed by atoms with E-state index in [2.05, 4.69) is 254 Å². The van der Waals surface area contributed by atoms with Crippen LogP contribution in [-0.2, 0) is 10.8 Å². The van der Waals surface area contributed by atoms with Crippen LogP contribution in [0.3, 0.4) is 0 Å². The molecule has 0 saturated heterocycles. The van der Waals surface area contributed by atoms with Crippen molar-refractivity contribution in [1.82, 2.24) is 0 Å². The summed E-state index contributed by atoms with van der Waals surface area (Å²) in [6.07, 6.45) is 0. The number of nitrogens with zero attached hydrogens (tertiary/aromatic N) is 2. The third kappa shape index (κ3) is 4.46. The zero-order valence-electron chi connectivity index (χ0n) is 37.3. The van der Waals surface area contributed by atoms with E-state index in [1.807, 2.05) is 0 Å². The lowest BCUT2D eigenvalue weighted by Crippen LogP contribution is -2.70. The monoisotopic (exact) mass is 868 g/mol. The summed E-state index contributed by atoms with van der Waals surface area (Å²) in [5.74, 6) is 0. The molecule has 314 valence electrons. The summed E-state index contributed by atoms with van der Waals surface area (Å²) in [6.45, 7) is 4.82. The Morgan fingerprint density at radius 3 is 1.27 bits per heavy atom. The largest absolute Gasteiger partial charge is 0.310 e. The summed E-state index contributed by atoms with van der Waals surface area (Å²) in [7, 11) is -2.85. The van der Waals surface area contributed by atoms with Gasteiger partial charge in [-0.3, -0.25) is 0 Å². The second-order valence-electron chi connectivity index (χ2n) is 19.5. The van der Waals surface area contributed by atoms with E-state index in [0.29, 0.717) is 0 Å². The highest BCUT2D eigenvalue weighted by atomic mass is 28.3. The van der Waals surface area contributed by atoms with Gasteiger partial charge in [0.2, 0.25) is 0 Å². The molecule has 0 N–H and O–H groups in total. The van der Waals surface area contributed by atoms with Crippen LogP contribution in [0.4, 0.5) is 34.1 Å². The summed E-state index contributed by atoms with van der Waals surface area (Å²) in [4.78, 5) is 5.04. The number of benzene rings is 10. The Morgan fingerprint density at radius 1 is 0.284 bits per heavy atom. The molecule has 0 fully saturated rings. The molecule has 15 rings (SSSR count). The topological polar surface area (TPSA) is 6.48 Å². The SMILES string of the molecule is CC1(C)c2ccccc2-c2cc3c(cc21)-c1ccccc1[Si]31c2ccccc2-c2ccc(N3c4ccccc4C4(c5ccccc5N(c5ccccc5)c5ccccc54)c4ccccc43)cc21. The quantitative estimate of drug-likeness (QED) is 0.160. The average Bonchev–Trinajstić information content (AvgIpc) is 3.93. The molecule has 2 nitrogen and oxygen atoms in total. The molecule has 2 spiro atoms. The number of para-hydroxylation sites is 5. The van der Waals surface area contributed by atoms with E-state index in [1.165, 1.54) is 116 Å². The number of anilines is 6. The van der Waals surface area contributed by atoms with Gasteiger partial charge in [0.1, 0.15) is 0 Å². The van der Waals surface area contributed by atoms with Crippen LogP contribution < -0.4 is 30.5 Å². The van der Waals surface area contributed by atoms with Crippen molar-refractivity contribution in [3.8, 4) is 33.4 Å². The maximum absolute atomic E-state index is 2.85. The predicted molar refractivity (Wildman–Crippen MR) is 280 cm³/mol. The molecule has 0 saturated carbocycles. The Bertz CT molecular complexity index is 3670. The summed E-state index contributed by atoms with van der Waals surface area (Å²) in [5.41, 5.74) is 22.8. The molecule has 1 atom stereocenters. The van der Waals surface area contributed by atoms with E-state index in [0.717, 1.165) is 5.69 Å². The minimum atomic E-state index is -2.85. The zero-order valence-corrected chi connectivity index (χ0v) is 38.3. The van der Waals surface area contributed by atoms with E-state index in [4.69, 9.17) is 0 Å². The molecule has 0 amide bonds. The Morgan fingerprint density at radius 2 is 0.701 bits per heavy atom. The molecule has 0 radical (unpaired) electrons. The third-order valence-electron chi connectivity index (χ3n) is 16.2. The fourth-order valence-corrected chi connectivity index (χ4v) is 19.3. The first kappa shape index (κ1) is 37.3. The zero-order chi connectivity index (χ0) is 44.2. The maximum Gasteiger partial charge on any atom is 0.182 e. The molecule has 5 aliphatic rings. The highest BCUT2D eigenvalue weighted by Gasteiger charge is 2.56. The van der Waals surface area contributed by atoms with Crippen LogP contribution in [0.15, 0.2) is 231 Å². The molecule has 1 unspecified atom stereocenters. The molecular formula is C64H44N2Si. The molecule has 3 heteroatoms. The van der Waals surface area contributed by atoms with Gasteiger partial charge in [-0.15, -0.1) is 0 Å². The van der Waals surface area contributed by atoms with Crippen LogP contribution in [0, 0.1) is 0 Å². The average molecular weight is 869 g/mol.